The van der Waals surface area contributed by atoms with Gasteiger partial charge in [0.1, 0.15) is 11.6 Å². The molecule has 5 heteroatoms. The van der Waals surface area contributed by atoms with Gasteiger partial charge >= 0.3 is 0 Å². The van der Waals surface area contributed by atoms with E-state index in [1.807, 2.05) is 0 Å². The number of carbonyl (C=O) groups excluding carboxylic acids is 1. The Balaban J connectivity index is 2.51. The highest BCUT2D eigenvalue weighted by Crippen LogP contribution is 2.22. The Kier molecular flexibility index (Phi) is 3.43. The second kappa shape index (κ2) is 4.86. The summed E-state index contributed by atoms with van der Waals surface area (Å²) in [5.74, 6) is -2.12. The summed E-state index contributed by atoms with van der Waals surface area (Å²) >= 11 is 3.21. The summed E-state index contributed by atoms with van der Waals surface area (Å²) in [6, 6.07) is 7.41. The highest BCUT2D eigenvalue weighted by Gasteiger charge is 2.14. The molecule has 2 rings (SSSR count). The summed E-state index contributed by atoms with van der Waals surface area (Å²) in [7, 11) is 0. The minimum atomic E-state index is -0.799. The third kappa shape index (κ3) is 2.56. The molecule has 0 amide bonds. The van der Waals surface area contributed by atoms with Crippen LogP contribution in [-0.2, 0) is 0 Å². The Morgan fingerprint density at radius 1 is 1.06 bits per heavy atom. The number of anilines is 1. The molecule has 2 nitrogen and oxygen atoms in total. The van der Waals surface area contributed by atoms with E-state index in [9.17, 15) is 13.6 Å². The molecule has 0 saturated carbocycles. The van der Waals surface area contributed by atoms with E-state index in [-0.39, 0.29) is 16.8 Å². The summed E-state index contributed by atoms with van der Waals surface area (Å²) < 4.78 is 26.8. The molecular weight excluding hydrogens is 304 g/mol. The van der Waals surface area contributed by atoms with Crippen LogP contribution in [0.3, 0.4) is 0 Å². The van der Waals surface area contributed by atoms with Gasteiger partial charge in [0.05, 0.1) is 0 Å². The number of ketones is 1. The number of nitrogen functional groups attached to an aromatic ring is 1. The predicted octanol–water partition coefficient (Wildman–Crippen LogP) is 3.54. The average molecular weight is 312 g/mol. The van der Waals surface area contributed by atoms with Gasteiger partial charge in [-0.25, -0.2) is 8.78 Å². The topological polar surface area (TPSA) is 43.1 Å². The quantitative estimate of drug-likeness (QED) is 0.681. The lowest BCUT2D eigenvalue weighted by Crippen LogP contribution is -2.06. The van der Waals surface area contributed by atoms with Crippen molar-refractivity contribution in [3.63, 3.8) is 0 Å². The third-order valence-electron chi connectivity index (χ3n) is 2.38. The maximum absolute atomic E-state index is 13.1. The van der Waals surface area contributed by atoms with Crippen LogP contribution in [-0.4, -0.2) is 5.78 Å². The summed E-state index contributed by atoms with van der Waals surface area (Å²) in [6.07, 6.45) is 0. The van der Waals surface area contributed by atoms with Gasteiger partial charge < -0.3 is 5.73 Å². The van der Waals surface area contributed by atoms with Crippen LogP contribution >= 0.6 is 15.9 Å². The van der Waals surface area contributed by atoms with Gasteiger partial charge in [-0.05, 0) is 30.3 Å². The number of carbonyl (C=O) groups is 1. The molecule has 18 heavy (non-hydrogen) atoms. The van der Waals surface area contributed by atoms with Crippen LogP contribution in [0.15, 0.2) is 40.9 Å². The van der Waals surface area contributed by atoms with E-state index >= 15 is 0 Å². The molecule has 0 saturated heterocycles. The molecule has 0 atom stereocenters. The Hall–Kier alpha value is -1.75. The zero-order valence-electron chi connectivity index (χ0n) is 9.08. The molecule has 0 unspecified atom stereocenters. The minimum Gasteiger partial charge on any atom is -0.398 e. The van der Waals surface area contributed by atoms with Gasteiger partial charge in [-0.3, -0.25) is 4.79 Å². The number of hydrogen-bond donors (Lipinski definition) is 1. The normalized spacial score (nSPS) is 10.4. The van der Waals surface area contributed by atoms with Crippen molar-refractivity contribution in [1.29, 1.82) is 0 Å². The van der Waals surface area contributed by atoms with Gasteiger partial charge in [-0.2, -0.15) is 0 Å². The third-order valence-corrected chi connectivity index (χ3v) is 2.88. The lowest BCUT2D eigenvalue weighted by atomic mass is 10.0. The predicted molar refractivity (Wildman–Crippen MR) is 68.3 cm³/mol. The van der Waals surface area contributed by atoms with E-state index in [1.54, 1.807) is 12.1 Å². The molecule has 92 valence electrons. The van der Waals surface area contributed by atoms with E-state index in [4.69, 9.17) is 5.73 Å². The van der Waals surface area contributed by atoms with Crippen LogP contribution in [0, 0.1) is 11.6 Å². The largest absolute Gasteiger partial charge is 0.398 e. The molecular formula is C13H8BrF2NO. The van der Waals surface area contributed by atoms with Crippen molar-refractivity contribution in [2.75, 3.05) is 5.73 Å². The first-order valence-electron chi connectivity index (χ1n) is 5.03. The second-order valence-electron chi connectivity index (χ2n) is 3.72. The molecule has 0 aliphatic carbocycles. The number of benzene rings is 2. The van der Waals surface area contributed by atoms with E-state index in [2.05, 4.69) is 15.9 Å². The number of hydrogen-bond acceptors (Lipinski definition) is 2. The van der Waals surface area contributed by atoms with Crippen molar-refractivity contribution in [3.8, 4) is 0 Å². The lowest BCUT2D eigenvalue weighted by Gasteiger charge is -2.06. The zero-order chi connectivity index (χ0) is 13.3. The first-order valence-corrected chi connectivity index (χ1v) is 5.82. The van der Waals surface area contributed by atoms with Crippen molar-refractivity contribution in [2.24, 2.45) is 0 Å². The van der Waals surface area contributed by atoms with Crippen LogP contribution in [0.25, 0.3) is 0 Å². The molecule has 0 aromatic heterocycles. The summed E-state index contributed by atoms with van der Waals surface area (Å²) in [4.78, 5) is 12.1. The Labute approximate surface area is 111 Å². The summed E-state index contributed by atoms with van der Waals surface area (Å²) in [5, 5.41) is 0. The Morgan fingerprint density at radius 2 is 1.67 bits per heavy atom. The first kappa shape index (κ1) is 12.7. The van der Waals surface area contributed by atoms with Crippen LogP contribution in [0.1, 0.15) is 15.9 Å². The zero-order valence-corrected chi connectivity index (χ0v) is 10.7. The molecule has 0 aliphatic rings. The monoisotopic (exact) mass is 311 g/mol. The molecule has 0 aliphatic heterocycles. The molecule has 0 bridgehead atoms. The summed E-state index contributed by atoms with van der Waals surface area (Å²) in [5.41, 5.74) is 6.06. The molecule has 0 radical (unpaired) electrons. The maximum Gasteiger partial charge on any atom is 0.195 e. The van der Waals surface area contributed by atoms with Crippen LogP contribution < -0.4 is 5.73 Å². The SMILES string of the molecule is Nc1ccc(Br)cc1C(=O)c1cc(F)cc(F)c1. The molecule has 2 aromatic carbocycles. The van der Waals surface area contributed by atoms with Gasteiger partial charge in [0, 0.05) is 27.4 Å². The fraction of sp³-hybridized carbons (Fsp3) is 0. The van der Waals surface area contributed by atoms with Crippen LogP contribution in [0.4, 0.5) is 14.5 Å². The minimum absolute atomic E-state index is 0.0719. The van der Waals surface area contributed by atoms with Crippen LogP contribution in [0.5, 0.6) is 0 Å². The Morgan fingerprint density at radius 3 is 2.28 bits per heavy atom. The fourth-order valence-corrected chi connectivity index (χ4v) is 1.93. The molecule has 0 heterocycles. The molecule has 2 N–H and O–H groups in total. The van der Waals surface area contributed by atoms with Gasteiger partial charge in [0.15, 0.2) is 5.78 Å². The molecule has 0 spiro atoms. The molecule has 2 aromatic rings. The Bertz CT molecular complexity index is 608. The highest BCUT2D eigenvalue weighted by atomic mass is 79.9. The van der Waals surface area contributed by atoms with E-state index in [0.717, 1.165) is 12.1 Å². The number of rotatable bonds is 2. The molecule has 0 fully saturated rings. The van der Waals surface area contributed by atoms with Crippen molar-refractivity contribution in [3.05, 3.63) is 63.6 Å². The second-order valence-corrected chi connectivity index (χ2v) is 4.63. The van der Waals surface area contributed by atoms with Crippen LogP contribution in [0.2, 0.25) is 0 Å². The summed E-state index contributed by atoms with van der Waals surface area (Å²) in [6.45, 7) is 0. The van der Waals surface area contributed by atoms with Crippen molar-refractivity contribution >= 4 is 27.4 Å². The number of nitrogens with two attached hydrogens (primary N) is 1. The van der Waals surface area contributed by atoms with Crippen molar-refractivity contribution < 1.29 is 13.6 Å². The number of halogens is 3. The first-order chi connectivity index (χ1) is 8.47. The van der Waals surface area contributed by atoms with E-state index in [0.29, 0.717) is 10.5 Å². The highest BCUT2D eigenvalue weighted by molar-refractivity contribution is 9.10. The standard InChI is InChI=1S/C13H8BrF2NO/c14-8-1-2-12(17)11(5-8)13(18)7-3-9(15)6-10(16)4-7/h1-6H,17H2. The fourth-order valence-electron chi connectivity index (χ4n) is 1.57. The van der Waals surface area contributed by atoms with Gasteiger partial charge in [0.25, 0.3) is 0 Å². The lowest BCUT2D eigenvalue weighted by molar-refractivity contribution is 0.103. The van der Waals surface area contributed by atoms with Crippen molar-refractivity contribution in [1.82, 2.24) is 0 Å². The van der Waals surface area contributed by atoms with Gasteiger partial charge in [-0.15, -0.1) is 0 Å². The smallest absolute Gasteiger partial charge is 0.195 e. The van der Waals surface area contributed by atoms with E-state index < -0.39 is 17.4 Å². The van der Waals surface area contributed by atoms with Gasteiger partial charge in [0.2, 0.25) is 0 Å². The van der Waals surface area contributed by atoms with E-state index in [1.165, 1.54) is 6.07 Å². The maximum atomic E-state index is 13.1. The average Bonchev–Trinajstić information content (AvgIpc) is 2.30. The van der Waals surface area contributed by atoms with Crippen molar-refractivity contribution in [2.45, 2.75) is 0 Å². The van der Waals surface area contributed by atoms with Gasteiger partial charge in [-0.1, -0.05) is 15.9 Å².